The molecule has 0 unspecified atom stereocenters. The Morgan fingerprint density at radius 1 is 1.09 bits per heavy atom. The smallest absolute Gasteiger partial charge is 0.343 e. The van der Waals surface area contributed by atoms with E-state index in [0.717, 1.165) is 0 Å². The highest BCUT2D eigenvalue weighted by Crippen LogP contribution is 2.23. The van der Waals surface area contributed by atoms with Crippen LogP contribution in [0.5, 0.6) is 5.75 Å². The molecule has 0 N–H and O–H groups in total. The summed E-state index contributed by atoms with van der Waals surface area (Å²) in [6.45, 7) is 6.40. The van der Waals surface area contributed by atoms with Gasteiger partial charge in [-0.25, -0.2) is 9.78 Å². The molecule has 22 heavy (non-hydrogen) atoms. The zero-order valence-electron chi connectivity index (χ0n) is 12.8. The van der Waals surface area contributed by atoms with Gasteiger partial charge < -0.3 is 9.15 Å². The van der Waals surface area contributed by atoms with Crippen molar-refractivity contribution in [2.24, 2.45) is 0 Å². The Balaban J connectivity index is 1.78. The van der Waals surface area contributed by atoms with E-state index in [4.69, 9.17) is 9.15 Å². The first-order valence-corrected chi connectivity index (χ1v) is 7.09. The number of aromatic nitrogens is 1. The van der Waals surface area contributed by atoms with Gasteiger partial charge in [0.1, 0.15) is 11.3 Å². The van der Waals surface area contributed by atoms with Crippen molar-refractivity contribution in [3.8, 4) is 5.75 Å². The van der Waals surface area contributed by atoms with Crippen LogP contribution in [0.4, 0.5) is 0 Å². The molecule has 0 spiro atoms. The van der Waals surface area contributed by atoms with Crippen LogP contribution in [0.25, 0.3) is 11.1 Å². The van der Waals surface area contributed by atoms with Gasteiger partial charge in [0.15, 0.2) is 12.0 Å². The van der Waals surface area contributed by atoms with Crippen LogP contribution < -0.4 is 4.74 Å². The van der Waals surface area contributed by atoms with Gasteiger partial charge in [0.05, 0.1) is 5.56 Å². The minimum Gasteiger partial charge on any atom is -0.443 e. The Hall–Kier alpha value is -2.62. The fourth-order valence-corrected chi connectivity index (χ4v) is 2.17. The Morgan fingerprint density at radius 2 is 1.82 bits per heavy atom. The summed E-state index contributed by atoms with van der Waals surface area (Å²) < 4.78 is 10.5. The number of rotatable bonds is 2. The first-order chi connectivity index (χ1) is 10.4. The zero-order chi connectivity index (χ0) is 15.7. The third-order valence-electron chi connectivity index (χ3n) is 3.50. The first-order valence-electron chi connectivity index (χ1n) is 7.09. The molecule has 0 saturated carbocycles. The largest absolute Gasteiger partial charge is 0.443 e. The molecule has 0 radical (unpaired) electrons. The number of nitrogens with zero attached hydrogens (tertiary/aromatic N) is 1. The van der Waals surface area contributed by atoms with E-state index in [0.29, 0.717) is 22.4 Å². The van der Waals surface area contributed by atoms with Crippen molar-refractivity contribution in [2.75, 3.05) is 0 Å². The van der Waals surface area contributed by atoms with Gasteiger partial charge in [-0.05, 0) is 35.2 Å². The molecule has 0 amide bonds. The summed E-state index contributed by atoms with van der Waals surface area (Å²) in [5, 5.41) is 0. The number of fused-ring (bicyclic) bond motifs is 1. The molecule has 112 valence electrons. The van der Waals surface area contributed by atoms with Crippen LogP contribution in [0.1, 0.15) is 36.7 Å². The second-order valence-electron chi connectivity index (χ2n) is 6.20. The number of carbonyl (C=O) groups is 1. The molecule has 3 aromatic rings. The maximum atomic E-state index is 12.2. The fourth-order valence-electron chi connectivity index (χ4n) is 2.17. The zero-order valence-corrected chi connectivity index (χ0v) is 12.8. The van der Waals surface area contributed by atoms with Crippen LogP contribution >= 0.6 is 0 Å². The molecule has 0 aliphatic heterocycles. The highest BCUT2D eigenvalue weighted by Gasteiger charge is 2.15. The third-order valence-corrected chi connectivity index (χ3v) is 3.50. The lowest BCUT2D eigenvalue weighted by Crippen LogP contribution is -2.12. The molecule has 4 nitrogen and oxygen atoms in total. The highest BCUT2D eigenvalue weighted by molar-refractivity contribution is 5.91. The number of oxazole rings is 1. The van der Waals surface area contributed by atoms with Crippen molar-refractivity contribution in [3.63, 3.8) is 0 Å². The molecule has 0 fully saturated rings. The van der Waals surface area contributed by atoms with E-state index < -0.39 is 0 Å². The summed E-state index contributed by atoms with van der Waals surface area (Å²) in [5.41, 5.74) is 3.07. The number of hydrogen-bond donors (Lipinski definition) is 0. The number of esters is 1. The summed E-state index contributed by atoms with van der Waals surface area (Å²) >= 11 is 0. The molecule has 0 atom stereocenters. The summed E-state index contributed by atoms with van der Waals surface area (Å²) in [7, 11) is 0. The van der Waals surface area contributed by atoms with Gasteiger partial charge in [-0.3, -0.25) is 0 Å². The third kappa shape index (κ3) is 2.86. The van der Waals surface area contributed by atoms with Gasteiger partial charge in [0.2, 0.25) is 0 Å². The lowest BCUT2D eigenvalue weighted by Gasteiger charge is -2.18. The van der Waals surface area contributed by atoms with Gasteiger partial charge in [0.25, 0.3) is 0 Å². The van der Waals surface area contributed by atoms with E-state index in [9.17, 15) is 4.79 Å². The van der Waals surface area contributed by atoms with E-state index in [1.807, 2.05) is 12.1 Å². The maximum absolute atomic E-state index is 12.2. The number of hydrogen-bond acceptors (Lipinski definition) is 4. The van der Waals surface area contributed by atoms with E-state index >= 15 is 0 Å². The molecule has 1 aromatic heterocycles. The van der Waals surface area contributed by atoms with Crippen LogP contribution in [-0.2, 0) is 5.41 Å². The van der Waals surface area contributed by atoms with Gasteiger partial charge in [0, 0.05) is 6.07 Å². The highest BCUT2D eigenvalue weighted by atomic mass is 16.5. The van der Waals surface area contributed by atoms with Crippen LogP contribution in [0.3, 0.4) is 0 Å². The SMILES string of the molecule is CC(C)(C)c1ccc(C(=O)Oc2ccc3ocnc3c2)cc1. The second kappa shape index (κ2) is 5.30. The van der Waals surface area contributed by atoms with Crippen molar-refractivity contribution in [1.29, 1.82) is 0 Å². The van der Waals surface area contributed by atoms with Gasteiger partial charge >= 0.3 is 5.97 Å². The Labute approximate surface area is 128 Å². The Kier molecular flexibility index (Phi) is 3.45. The lowest BCUT2D eigenvalue weighted by atomic mass is 9.87. The molecule has 0 bridgehead atoms. The number of benzene rings is 2. The van der Waals surface area contributed by atoms with Crippen LogP contribution in [0.15, 0.2) is 53.3 Å². The Bertz CT molecular complexity index is 810. The maximum Gasteiger partial charge on any atom is 0.343 e. The first kappa shape index (κ1) is 14.3. The molecule has 0 saturated heterocycles. The fraction of sp³-hybridized carbons (Fsp3) is 0.222. The normalized spacial score (nSPS) is 11.6. The number of carbonyl (C=O) groups excluding carboxylic acids is 1. The standard InChI is InChI=1S/C18H17NO3/c1-18(2,3)13-6-4-12(5-7-13)17(20)22-14-8-9-16-15(10-14)19-11-21-16/h4-11H,1-3H3. The van der Waals surface area contributed by atoms with Gasteiger partial charge in [-0.15, -0.1) is 0 Å². The van der Waals surface area contributed by atoms with Crippen molar-refractivity contribution >= 4 is 17.1 Å². The second-order valence-corrected chi connectivity index (χ2v) is 6.20. The Morgan fingerprint density at radius 3 is 2.50 bits per heavy atom. The van der Waals surface area contributed by atoms with Gasteiger partial charge in [-0.1, -0.05) is 32.9 Å². The summed E-state index contributed by atoms with van der Waals surface area (Å²) in [4.78, 5) is 16.2. The molecule has 3 rings (SSSR count). The molecule has 0 aliphatic carbocycles. The number of ether oxygens (including phenoxy) is 1. The van der Waals surface area contributed by atoms with Crippen LogP contribution in [0, 0.1) is 0 Å². The van der Waals surface area contributed by atoms with E-state index in [-0.39, 0.29) is 11.4 Å². The monoisotopic (exact) mass is 295 g/mol. The molecule has 1 heterocycles. The van der Waals surface area contributed by atoms with Crippen LogP contribution in [0.2, 0.25) is 0 Å². The van der Waals surface area contributed by atoms with Gasteiger partial charge in [-0.2, -0.15) is 0 Å². The predicted octanol–water partition coefficient (Wildman–Crippen LogP) is 4.34. The minimum absolute atomic E-state index is 0.0560. The molecular formula is C18H17NO3. The van der Waals surface area contributed by atoms with Crippen LogP contribution in [-0.4, -0.2) is 11.0 Å². The van der Waals surface area contributed by atoms with Crippen molar-refractivity contribution in [1.82, 2.24) is 4.98 Å². The summed E-state index contributed by atoms with van der Waals surface area (Å²) in [6.07, 6.45) is 1.36. The van der Waals surface area contributed by atoms with E-state index in [1.165, 1.54) is 12.0 Å². The molecule has 0 aliphatic rings. The summed E-state index contributed by atoms with van der Waals surface area (Å²) in [5.74, 6) is 0.0644. The van der Waals surface area contributed by atoms with Crippen molar-refractivity contribution in [2.45, 2.75) is 26.2 Å². The van der Waals surface area contributed by atoms with Crippen molar-refractivity contribution < 1.29 is 13.9 Å². The van der Waals surface area contributed by atoms with E-state index in [1.54, 1.807) is 30.3 Å². The molecule has 2 aromatic carbocycles. The van der Waals surface area contributed by atoms with E-state index in [2.05, 4.69) is 25.8 Å². The average Bonchev–Trinajstić information content (AvgIpc) is 2.94. The molecular weight excluding hydrogens is 278 g/mol. The quantitative estimate of drug-likeness (QED) is 0.521. The lowest BCUT2D eigenvalue weighted by molar-refractivity contribution is 0.0735. The summed E-state index contributed by atoms with van der Waals surface area (Å²) in [6, 6.07) is 12.6. The predicted molar refractivity (Wildman–Crippen MR) is 84.1 cm³/mol. The van der Waals surface area contributed by atoms with Crippen molar-refractivity contribution in [3.05, 3.63) is 60.0 Å². The average molecular weight is 295 g/mol. The topological polar surface area (TPSA) is 52.3 Å². The minimum atomic E-state index is -0.386. The molecule has 4 heteroatoms.